The molecule has 4 rings (SSSR count). The fourth-order valence-corrected chi connectivity index (χ4v) is 3.12. The highest BCUT2D eigenvalue weighted by Crippen LogP contribution is 2.37. The number of anilines is 1. The zero-order valence-electron chi connectivity index (χ0n) is 13.3. The molecule has 1 aromatic rings. The summed E-state index contributed by atoms with van der Waals surface area (Å²) < 4.78 is 5.77. The van der Waals surface area contributed by atoms with Gasteiger partial charge in [-0.3, -0.25) is 9.79 Å². The molecule has 1 aromatic carbocycles. The van der Waals surface area contributed by atoms with Crippen LogP contribution in [0.25, 0.3) is 5.57 Å². The summed E-state index contributed by atoms with van der Waals surface area (Å²) in [5.41, 5.74) is 3.28. The molecule has 1 unspecified atom stereocenters. The van der Waals surface area contributed by atoms with E-state index < -0.39 is 0 Å². The zero-order chi connectivity index (χ0) is 15.8. The van der Waals surface area contributed by atoms with E-state index in [4.69, 9.17) is 4.74 Å². The fourth-order valence-electron chi connectivity index (χ4n) is 3.12. The lowest BCUT2D eigenvalue weighted by Crippen LogP contribution is -2.27. The minimum atomic E-state index is 0.186. The van der Waals surface area contributed by atoms with E-state index in [9.17, 15) is 4.79 Å². The number of ether oxygens (including phenoxy) is 1. The lowest BCUT2D eigenvalue weighted by Gasteiger charge is -2.24. The van der Waals surface area contributed by atoms with Crippen molar-refractivity contribution in [3.8, 4) is 5.75 Å². The van der Waals surface area contributed by atoms with E-state index in [0.717, 1.165) is 42.8 Å². The van der Waals surface area contributed by atoms with Crippen molar-refractivity contribution in [2.75, 3.05) is 25.1 Å². The molecular formula is C18H21N3O2. The number of carbonyl (C=O) groups is 1. The number of hydrogen-bond donors (Lipinski definition) is 1. The van der Waals surface area contributed by atoms with E-state index in [1.165, 1.54) is 5.57 Å². The van der Waals surface area contributed by atoms with Gasteiger partial charge in [0.1, 0.15) is 5.75 Å². The topological polar surface area (TPSA) is 53.9 Å². The third-order valence-electron chi connectivity index (χ3n) is 4.66. The SMILES string of the molecule is CN(C(=O)C1CC1)c1ccc2c(c1)/C(=C/C1CNC=N1)CCO2. The maximum atomic E-state index is 12.3. The first-order chi connectivity index (χ1) is 11.2. The molecule has 120 valence electrons. The third-order valence-corrected chi connectivity index (χ3v) is 4.66. The lowest BCUT2D eigenvalue weighted by molar-refractivity contribution is -0.119. The van der Waals surface area contributed by atoms with Crippen molar-refractivity contribution in [2.45, 2.75) is 25.3 Å². The Bertz CT molecular complexity index is 692. The largest absolute Gasteiger partial charge is 0.493 e. The smallest absolute Gasteiger partial charge is 0.229 e. The van der Waals surface area contributed by atoms with Gasteiger partial charge in [0.15, 0.2) is 0 Å². The molecule has 5 nitrogen and oxygen atoms in total. The van der Waals surface area contributed by atoms with E-state index in [-0.39, 0.29) is 17.9 Å². The normalized spacial score (nSPS) is 24.0. The Kier molecular flexibility index (Phi) is 3.56. The summed E-state index contributed by atoms with van der Waals surface area (Å²) in [6.45, 7) is 1.54. The summed E-state index contributed by atoms with van der Waals surface area (Å²) in [6, 6.07) is 6.21. The molecule has 1 aliphatic carbocycles. The van der Waals surface area contributed by atoms with Gasteiger partial charge in [-0.05, 0) is 36.6 Å². The van der Waals surface area contributed by atoms with Crippen LogP contribution in [0.15, 0.2) is 29.3 Å². The molecule has 1 atom stereocenters. The molecule has 5 heteroatoms. The Balaban J connectivity index is 1.65. The predicted molar refractivity (Wildman–Crippen MR) is 90.9 cm³/mol. The standard InChI is InChI=1S/C18H21N3O2/c1-21(18(22)12-2-3-12)15-4-5-17-16(9-15)13(6-7-23-17)8-14-10-19-11-20-14/h4-5,8-9,11-12,14H,2-3,6-7,10H2,1H3,(H,19,20)/b13-8+. The van der Waals surface area contributed by atoms with Crippen LogP contribution >= 0.6 is 0 Å². The van der Waals surface area contributed by atoms with Gasteiger partial charge in [0, 0.05) is 37.2 Å². The highest BCUT2D eigenvalue weighted by atomic mass is 16.5. The Morgan fingerprint density at radius 3 is 3.04 bits per heavy atom. The molecule has 1 amide bonds. The molecule has 0 bridgehead atoms. The van der Waals surface area contributed by atoms with Crippen molar-refractivity contribution >= 4 is 23.5 Å². The van der Waals surface area contributed by atoms with E-state index in [1.807, 2.05) is 19.2 Å². The van der Waals surface area contributed by atoms with E-state index in [0.29, 0.717) is 6.61 Å². The summed E-state index contributed by atoms with van der Waals surface area (Å²) >= 11 is 0. The summed E-state index contributed by atoms with van der Waals surface area (Å²) in [7, 11) is 1.86. The van der Waals surface area contributed by atoms with Gasteiger partial charge in [0.25, 0.3) is 0 Å². The van der Waals surface area contributed by atoms with Crippen LogP contribution in [-0.2, 0) is 4.79 Å². The van der Waals surface area contributed by atoms with Crippen LogP contribution in [0.4, 0.5) is 5.69 Å². The minimum Gasteiger partial charge on any atom is -0.493 e. The van der Waals surface area contributed by atoms with Crippen molar-refractivity contribution in [3.63, 3.8) is 0 Å². The van der Waals surface area contributed by atoms with Gasteiger partial charge in [-0.15, -0.1) is 0 Å². The third kappa shape index (κ3) is 2.83. The quantitative estimate of drug-likeness (QED) is 0.931. The molecule has 1 saturated carbocycles. The van der Waals surface area contributed by atoms with E-state index in [1.54, 1.807) is 11.2 Å². The molecule has 2 heterocycles. The maximum Gasteiger partial charge on any atom is 0.229 e. The number of hydrogen-bond acceptors (Lipinski definition) is 4. The zero-order valence-corrected chi connectivity index (χ0v) is 13.3. The molecule has 23 heavy (non-hydrogen) atoms. The van der Waals surface area contributed by atoms with Gasteiger partial charge < -0.3 is 15.0 Å². The first-order valence-electron chi connectivity index (χ1n) is 8.23. The number of nitrogens with one attached hydrogen (secondary N) is 1. The summed E-state index contributed by atoms with van der Waals surface area (Å²) in [5, 5.41) is 3.13. The molecule has 0 spiro atoms. The second-order valence-electron chi connectivity index (χ2n) is 6.40. The number of aliphatic imine (C=N–C) groups is 1. The number of amides is 1. The van der Waals surface area contributed by atoms with Crippen molar-refractivity contribution < 1.29 is 9.53 Å². The molecule has 1 N–H and O–H groups in total. The minimum absolute atomic E-state index is 0.186. The predicted octanol–water partition coefficient (Wildman–Crippen LogP) is 2.23. The van der Waals surface area contributed by atoms with Crippen LogP contribution in [0.2, 0.25) is 0 Å². The second-order valence-corrected chi connectivity index (χ2v) is 6.40. The number of rotatable bonds is 3. The molecule has 0 saturated heterocycles. The van der Waals surface area contributed by atoms with Gasteiger partial charge in [-0.2, -0.15) is 0 Å². The van der Waals surface area contributed by atoms with Gasteiger partial charge in [0.2, 0.25) is 5.91 Å². The molecule has 0 aromatic heterocycles. The fraction of sp³-hybridized carbons (Fsp3) is 0.444. The van der Waals surface area contributed by atoms with Crippen LogP contribution in [0.1, 0.15) is 24.8 Å². The average Bonchev–Trinajstić information content (AvgIpc) is 3.31. The van der Waals surface area contributed by atoms with Crippen LogP contribution < -0.4 is 15.0 Å². The summed E-state index contributed by atoms with van der Waals surface area (Å²) in [4.78, 5) is 18.5. The van der Waals surface area contributed by atoms with E-state index in [2.05, 4.69) is 22.5 Å². The highest BCUT2D eigenvalue weighted by Gasteiger charge is 2.32. The number of benzene rings is 1. The first kappa shape index (κ1) is 14.3. The summed E-state index contributed by atoms with van der Waals surface area (Å²) in [5.74, 6) is 1.34. The van der Waals surface area contributed by atoms with Crippen molar-refractivity contribution in [1.29, 1.82) is 0 Å². The van der Waals surface area contributed by atoms with Gasteiger partial charge in [0.05, 0.1) is 19.0 Å². The lowest BCUT2D eigenvalue weighted by atomic mass is 9.97. The number of fused-ring (bicyclic) bond motifs is 1. The van der Waals surface area contributed by atoms with Crippen LogP contribution in [0.5, 0.6) is 5.75 Å². The molecule has 3 aliphatic rings. The van der Waals surface area contributed by atoms with Crippen LogP contribution in [-0.4, -0.2) is 38.5 Å². The summed E-state index contributed by atoms with van der Waals surface area (Å²) in [6.07, 6.45) is 6.90. The van der Waals surface area contributed by atoms with Crippen LogP contribution in [0.3, 0.4) is 0 Å². The first-order valence-corrected chi connectivity index (χ1v) is 8.23. The van der Waals surface area contributed by atoms with Crippen molar-refractivity contribution in [2.24, 2.45) is 10.9 Å². The molecule has 0 radical (unpaired) electrons. The monoisotopic (exact) mass is 311 g/mol. The Morgan fingerprint density at radius 2 is 2.30 bits per heavy atom. The highest BCUT2D eigenvalue weighted by molar-refractivity contribution is 5.96. The Labute approximate surface area is 136 Å². The number of nitrogens with zero attached hydrogens (tertiary/aromatic N) is 2. The Morgan fingerprint density at radius 1 is 1.43 bits per heavy atom. The molecule has 1 fully saturated rings. The van der Waals surface area contributed by atoms with Gasteiger partial charge in [-0.1, -0.05) is 6.08 Å². The number of carbonyl (C=O) groups excluding carboxylic acids is 1. The van der Waals surface area contributed by atoms with Gasteiger partial charge >= 0.3 is 0 Å². The molecular weight excluding hydrogens is 290 g/mol. The Hall–Kier alpha value is -2.30. The van der Waals surface area contributed by atoms with Crippen molar-refractivity contribution in [1.82, 2.24) is 5.32 Å². The van der Waals surface area contributed by atoms with Gasteiger partial charge in [-0.25, -0.2) is 0 Å². The molecule has 2 aliphatic heterocycles. The van der Waals surface area contributed by atoms with Crippen molar-refractivity contribution in [3.05, 3.63) is 29.8 Å². The van der Waals surface area contributed by atoms with E-state index >= 15 is 0 Å². The maximum absolute atomic E-state index is 12.3. The second kappa shape index (κ2) is 5.72. The average molecular weight is 311 g/mol. The van der Waals surface area contributed by atoms with Crippen LogP contribution in [0, 0.1) is 5.92 Å².